The lowest BCUT2D eigenvalue weighted by Gasteiger charge is -2.12. The van der Waals surface area contributed by atoms with Crippen LogP contribution < -0.4 is 15.4 Å². The Morgan fingerprint density at radius 1 is 1.05 bits per heavy atom. The van der Waals surface area contributed by atoms with E-state index in [2.05, 4.69) is 32.4 Å². The maximum Gasteiger partial charge on any atom is 0.235 e. The largest absolute Gasteiger partial charge is 0.495 e. The fourth-order valence-corrected chi connectivity index (χ4v) is 5.27. The molecule has 1 fully saturated rings. The number of sulfone groups is 1. The highest BCUT2D eigenvalue weighted by atomic mass is 32.2. The van der Waals surface area contributed by atoms with E-state index in [-0.39, 0.29) is 16.2 Å². The van der Waals surface area contributed by atoms with Gasteiger partial charge < -0.3 is 15.4 Å². The number of carbonyl (C=O) groups is 1. The van der Waals surface area contributed by atoms with Crippen molar-refractivity contribution in [3.8, 4) is 17.6 Å². The van der Waals surface area contributed by atoms with Crippen LogP contribution in [0.25, 0.3) is 10.8 Å². The van der Waals surface area contributed by atoms with E-state index in [1.54, 1.807) is 18.5 Å². The Morgan fingerprint density at radius 3 is 2.65 bits per heavy atom. The lowest BCUT2D eigenvalue weighted by atomic mass is 9.97. The number of hydrogen-bond donors (Lipinski definition) is 2. The number of amides is 1. The summed E-state index contributed by atoms with van der Waals surface area (Å²) in [6.45, 7) is 0. The molecule has 37 heavy (non-hydrogen) atoms. The summed E-state index contributed by atoms with van der Waals surface area (Å²) in [7, 11) is -1.89. The van der Waals surface area contributed by atoms with Gasteiger partial charge in [0, 0.05) is 46.7 Å². The van der Waals surface area contributed by atoms with Gasteiger partial charge in [0.15, 0.2) is 9.84 Å². The first-order chi connectivity index (χ1) is 17.8. The number of anilines is 3. The summed E-state index contributed by atoms with van der Waals surface area (Å²) in [4.78, 5) is 21.4. The molecule has 0 unspecified atom stereocenters. The third kappa shape index (κ3) is 4.05. The van der Waals surface area contributed by atoms with Crippen LogP contribution in [0.1, 0.15) is 29.7 Å². The highest BCUT2D eigenvalue weighted by molar-refractivity contribution is 7.90. The molecule has 6 rings (SSSR count). The first kappa shape index (κ1) is 23.0. The van der Waals surface area contributed by atoms with E-state index < -0.39 is 9.84 Å². The molecule has 9 heteroatoms. The van der Waals surface area contributed by atoms with Crippen LogP contribution in [0.5, 0.6) is 5.75 Å². The van der Waals surface area contributed by atoms with E-state index in [0.29, 0.717) is 22.9 Å². The van der Waals surface area contributed by atoms with Crippen molar-refractivity contribution >= 4 is 43.7 Å². The third-order valence-corrected chi connectivity index (χ3v) is 7.91. The van der Waals surface area contributed by atoms with Gasteiger partial charge in [0.05, 0.1) is 23.1 Å². The van der Waals surface area contributed by atoms with E-state index in [9.17, 15) is 13.2 Å². The second kappa shape index (κ2) is 8.32. The minimum absolute atomic E-state index is 0.0819. The van der Waals surface area contributed by atoms with Gasteiger partial charge in [0.2, 0.25) is 5.91 Å². The zero-order valence-electron chi connectivity index (χ0n) is 20.1. The SMILES string of the molecule is COc1cc(S(C)(=O)=O)ccc1Nc1cc2c(C#Cc3ccc4c(c3)NC(=O)C43CC3)nccc2cn1. The average molecular weight is 511 g/mol. The molecule has 2 N–H and O–H groups in total. The molecule has 2 aliphatic rings. The van der Waals surface area contributed by atoms with Gasteiger partial charge in [-0.05, 0) is 60.7 Å². The summed E-state index contributed by atoms with van der Waals surface area (Å²) in [5, 5.41) is 7.87. The minimum atomic E-state index is -3.37. The molecule has 1 saturated carbocycles. The first-order valence-electron chi connectivity index (χ1n) is 11.6. The quantitative estimate of drug-likeness (QED) is 0.397. The number of benzene rings is 2. The summed E-state index contributed by atoms with van der Waals surface area (Å²) in [5.41, 5.74) is 3.54. The zero-order valence-corrected chi connectivity index (χ0v) is 20.9. The number of methoxy groups -OCH3 is 1. The Hall–Kier alpha value is -4.42. The molecule has 2 aromatic carbocycles. The molecule has 1 aliphatic heterocycles. The molecule has 8 nitrogen and oxygen atoms in total. The molecular formula is C28H22N4O4S. The van der Waals surface area contributed by atoms with Gasteiger partial charge in [0.25, 0.3) is 0 Å². The normalized spacial score (nSPS) is 15.0. The molecule has 0 bridgehead atoms. The summed E-state index contributed by atoms with van der Waals surface area (Å²) in [6.07, 6.45) is 6.36. The monoisotopic (exact) mass is 510 g/mol. The number of fused-ring (bicyclic) bond motifs is 3. The highest BCUT2D eigenvalue weighted by Crippen LogP contribution is 2.55. The summed E-state index contributed by atoms with van der Waals surface area (Å²) in [6, 6.07) is 14.2. The molecule has 0 saturated heterocycles. The van der Waals surface area contributed by atoms with Crippen LogP contribution in [0.3, 0.4) is 0 Å². The van der Waals surface area contributed by atoms with Crippen molar-refractivity contribution in [2.75, 3.05) is 24.0 Å². The van der Waals surface area contributed by atoms with Crippen LogP contribution >= 0.6 is 0 Å². The maximum absolute atomic E-state index is 12.3. The number of nitrogens with zero attached hydrogens (tertiary/aromatic N) is 2. The molecule has 0 radical (unpaired) electrons. The zero-order chi connectivity index (χ0) is 25.8. The van der Waals surface area contributed by atoms with Crippen molar-refractivity contribution in [2.24, 2.45) is 0 Å². The molecule has 3 heterocycles. The predicted molar refractivity (Wildman–Crippen MR) is 141 cm³/mol. The van der Waals surface area contributed by atoms with E-state index >= 15 is 0 Å². The van der Waals surface area contributed by atoms with Crippen molar-refractivity contribution < 1.29 is 17.9 Å². The van der Waals surface area contributed by atoms with E-state index in [0.717, 1.165) is 46.7 Å². The third-order valence-electron chi connectivity index (χ3n) is 6.80. The molecule has 4 aromatic rings. The molecular weight excluding hydrogens is 488 g/mol. The van der Waals surface area contributed by atoms with Crippen LogP contribution in [0.4, 0.5) is 17.2 Å². The lowest BCUT2D eigenvalue weighted by molar-refractivity contribution is -0.117. The molecule has 2 aromatic heterocycles. The van der Waals surface area contributed by atoms with Crippen LogP contribution in [0.2, 0.25) is 0 Å². The van der Waals surface area contributed by atoms with Crippen molar-refractivity contribution in [3.63, 3.8) is 0 Å². The van der Waals surface area contributed by atoms with Gasteiger partial charge in [-0.15, -0.1) is 0 Å². The Morgan fingerprint density at radius 2 is 1.89 bits per heavy atom. The number of aromatic nitrogens is 2. The smallest absolute Gasteiger partial charge is 0.235 e. The summed E-state index contributed by atoms with van der Waals surface area (Å²) >= 11 is 0. The van der Waals surface area contributed by atoms with E-state index in [1.807, 2.05) is 30.3 Å². The summed E-state index contributed by atoms with van der Waals surface area (Å²) in [5.74, 6) is 7.33. The van der Waals surface area contributed by atoms with Gasteiger partial charge in [0.1, 0.15) is 17.3 Å². The molecule has 1 aliphatic carbocycles. The number of pyridine rings is 2. The van der Waals surface area contributed by atoms with E-state index in [4.69, 9.17) is 4.74 Å². The minimum Gasteiger partial charge on any atom is -0.495 e. The first-order valence-corrected chi connectivity index (χ1v) is 13.5. The Balaban J connectivity index is 1.32. The Kier molecular flexibility index (Phi) is 5.17. The van der Waals surface area contributed by atoms with Crippen LogP contribution in [-0.4, -0.2) is 37.7 Å². The van der Waals surface area contributed by atoms with Crippen LogP contribution in [0.15, 0.2) is 65.8 Å². The molecule has 1 spiro atoms. The second-order valence-electron chi connectivity index (χ2n) is 9.26. The highest BCUT2D eigenvalue weighted by Gasteiger charge is 2.56. The Labute approximate surface area is 214 Å². The number of hydrogen-bond acceptors (Lipinski definition) is 7. The molecule has 1 amide bonds. The summed E-state index contributed by atoms with van der Waals surface area (Å²) < 4.78 is 29.2. The standard InChI is InChI=1S/C28H22N4O4S/c1-36-25-14-19(37(2,34)35)5-8-23(25)31-26-15-20-18(16-30-26)9-12-29-22(20)7-4-17-3-6-21-24(13-17)32-27(33)28(21)10-11-28/h3,5-6,8-9,12-16H,10-11H2,1-2H3,(H,30,31)(H,32,33). The fourth-order valence-electron chi connectivity index (χ4n) is 4.64. The molecule has 0 atom stereocenters. The fraction of sp³-hybridized carbons (Fsp3) is 0.179. The van der Waals surface area contributed by atoms with Gasteiger partial charge in [-0.1, -0.05) is 12.0 Å². The van der Waals surface area contributed by atoms with Gasteiger partial charge in [-0.25, -0.2) is 18.4 Å². The van der Waals surface area contributed by atoms with E-state index in [1.165, 1.54) is 19.2 Å². The van der Waals surface area contributed by atoms with Crippen molar-refractivity contribution in [1.82, 2.24) is 9.97 Å². The maximum atomic E-state index is 12.3. The average Bonchev–Trinajstić information content (AvgIpc) is 3.64. The van der Waals surface area contributed by atoms with Gasteiger partial charge in [-0.2, -0.15) is 0 Å². The van der Waals surface area contributed by atoms with Gasteiger partial charge >= 0.3 is 0 Å². The number of ether oxygens (including phenoxy) is 1. The van der Waals surface area contributed by atoms with Crippen molar-refractivity contribution in [3.05, 3.63) is 77.7 Å². The number of rotatable bonds is 4. The number of carbonyl (C=O) groups excluding carboxylic acids is 1. The second-order valence-corrected chi connectivity index (χ2v) is 11.3. The van der Waals surface area contributed by atoms with Crippen LogP contribution in [0, 0.1) is 11.8 Å². The molecule has 184 valence electrons. The van der Waals surface area contributed by atoms with Crippen molar-refractivity contribution in [1.29, 1.82) is 0 Å². The Bertz CT molecular complexity index is 1780. The topological polar surface area (TPSA) is 110 Å². The predicted octanol–water partition coefficient (Wildman–Crippen LogP) is 4.17. The van der Waals surface area contributed by atoms with Gasteiger partial charge in [-0.3, -0.25) is 4.79 Å². The lowest BCUT2D eigenvalue weighted by Crippen LogP contribution is -2.18. The van der Waals surface area contributed by atoms with Crippen molar-refractivity contribution in [2.45, 2.75) is 23.2 Å². The number of nitrogens with one attached hydrogen (secondary N) is 2. The van der Waals surface area contributed by atoms with Crippen LogP contribution in [-0.2, 0) is 20.0 Å².